The van der Waals surface area contributed by atoms with Crippen LogP contribution in [0.5, 0.6) is 0 Å². The fourth-order valence-corrected chi connectivity index (χ4v) is 3.97. The van der Waals surface area contributed by atoms with Crippen LogP contribution in [0.1, 0.15) is 51.4 Å². The fraction of sp³-hybridized carbons (Fsp3) is 0.545. The Morgan fingerprint density at radius 2 is 1.10 bits per heavy atom. The van der Waals surface area contributed by atoms with Gasteiger partial charge in [0.05, 0.1) is 0 Å². The molecule has 0 aromatic carbocycles. The molecular weight excluding hydrogens is 403 g/mol. The molecule has 8 heteroatoms. The van der Waals surface area contributed by atoms with Crippen LogP contribution < -0.4 is 0 Å². The molecule has 2 rings (SSSR count). The van der Waals surface area contributed by atoms with Gasteiger partial charge in [-0.05, 0) is 74.7 Å². The van der Waals surface area contributed by atoms with Crippen molar-refractivity contribution >= 4 is 20.1 Å². The van der Waals surface area contributed by atoms with Gasteiger partial charge in [0.2, 0.25) is 11.8 Å². The average molecular weight is 435 g/mol. The minimum atomic E-state index is -2.38. The van der Waals surface area contributed by atoms with Crippen LogP contribution in [0.25, 0.3) is 0 Å². The van der Waals surface area contributed by atoms with E-state index in [-0.39, 0.29) is 11.8 Å². The monoisotopic (exact) mass is 435 g/mol. The summed E-state index contributed by atoms with van der Waals surface area (Å²) in [6.07, 6.45) is 13.1. The standard InChI is InChI=1S/C22H32N2O5P/c1-23(2)21(25)19-11-7-5-9-17(19)13-15-28-30(27)29-16-14-18-10-6-8-12-20(18)22(26)24(3)4/h13-16H,5-12H2,1-4H3/q+1/b15-13+,16-14+. The predicted molar refractivity (Wildman–Crippen MR) is 116 cm³/mol. The number of carbonyl (C=O) groups is 2. The Balaban J connectivity index is 1.95. The van der Waals surface area contributed by atoms with Gasteiger partial charge in [-0.2, -0.15) is 0 Å². The minimum absolute atomic E-state index is 0.00162. The maximum Gasteiger partial charge on any atom is 0.804 e. The quantitative estimate of drug-likeness (QED) is 0.411. The van der Waals surface area contributed by atoms with Crippen molar-refractivity contribution in [1.82, 2.24) is 9.80 Å². The number of rotatable bonds is 8. The molecule has 0 radical (unpaired) electrons. The van der Waals surface area contributed by atoms with Crippen molar-refractivity contribution in [3.05, 3.63) is 47.0 Å². The van der Waals surface area contributed by atoms with E-state index in [2.05, 4.69) is 0 Å². The van der Waals surface area contributed by atoms with Gasteiger partial charge in [-0.1, -0.05) is 0 Å². The van der Waals surface area contributed by atoms with Gasteiger partial charge < -0.3 is 9.80 Å². The van der Waals surface area contributed by atoms with Gasteiger partial charge in [0.15, 0.2) is 12.5 Å². The molecule has 0 aromatic rings. The first-order valence-electron chi connectivity index (χ1n) is 10.3. The number of hydrogen-bond donors (Lipinski definition) is 0. The highest BCUT2D eigenvalue weighted by Gasteiger charge is 2.22. The zero-order chi connectivity index (χ0) is 22.1. The zero-order valence-electron chi connectivity index (χ0n) is 18.3. The van der Waals surface area contributed by atoms with Gasteiger partial charge in [0.1, 0.15) is 0 Å². The van der Waals surface area contributed by atoms with Gasteiger partial charge in [-0.25, -0.2) is 9.05 Å². The Morgan fingerprint density at radius 3 is 1.47 bits per heavy atom. The van der Waals surface area contributed by atoms with Gasteiger partial charge in [0, 0.05) is 43.9 Å². The van der Waals surface area contributed by atoms with E-state index in [1.807, 2.05) is 0 Å². The summed E-state index contributed by atoms with van der Waals surface area (Å²) in [6.45, 7) is 0. The molecule has 2 aliphatic rings. The van der Waals surface area contributed by atoms with Crippen LogP contribution in [0.3, 0.4) is 0 Å². The maximum atomic E-state index is 12.3. The fourth-order valence-electron chi connectivity index (χ4n) is 3.60. The van der Waals surface area contributed by atoms with Crippen LogP contribution in [-0.2, 0) is 23.2 Å². The first-order chi connectivity index (χ1) is 14.3. The lowest BCUT2D eigenvalue weighted by molar-refractivity contribution is -0.125. The summed E-state index contributed by atoms with van der Waals surface area (Å²) in [7, 11) is 4.56. The number of amides is 2. The van der Waals surface area contributed by atoms with Crippen LogP contribution in [0, 0.1) is 0 Å². The zero-order valence-corrected chi connectivity index (χ0v) is 19.2. The van der Waals surface area contributed by atoms with E-state index in [9.17, 15) is 14.2 Å². The van der Waals surface area contributed by atoms with Crippen molar-refractivity contribution in [1.29, 1.82) is 0 Å². The molecule has 0 fully saturated rings. The summed E-state index contributed by atoms with van der Waals surface area (Å²) >= 11 is 0. The summed E-state index contributed by atoms with van der Waals surface area (Å²) < 4.78 is 22.3. The molecule has 2 amide bonds. The Morgan fingerprint density at radius 1 is 0.733 bits per heavy atom. The van der Waals surface area contributed by atoms with Crippen molar-refractivity contribution in [3.8, 4) is 0 Å². The highest BCUT2D eigenvalue weighted by atomic mass is 31.1. The molecule has 0 atom stereocenters. The highest BCUT2D eigenvalue weighted by Crippen LogP contribution is 2.30. The third-order valence-electron chi connectivity index (χ3n) is 5.18. The third-order valence-corrected chi connectivity index (χ3v) is 5.77. The molecule has 0 bridgehead atoms. The number of nitrogens with zero attached hydrogens (tertiary/aromatic N) is 2. The molecule has 7 nitrogen and oxygen atoms in total. The number of carbonyl (C=O) groups excluding carboxylic acids is 2. The molecule has 0 aromatic heterocycles. The molecule has 0 heterocycles. The van der Waals surface area contributed by atoms with E-state index < -0.39 is 8.25 Å². The molecule has 0 saturated carbocycles. The smallest absolute Gasteiger partial charge is 0.345 e. The molecule has 0 spiro atoms. The lowest BCUT2D eigenvalue weighted by atomic mass is 9.91. The average Bonchev–Trinajstić information content (AvgIpc) is 2.73. The second-order valence-corrected chi connectivity index (χ2v) is 8.73. The van der Waals surface area contributed by atoms with Gasteiger partial charge >= 0.3 is 8.25 Å². The lowest BCUT2D eigenvalue weighted by Gasteiger charge is -2.20. The number of likely N-dealkylation sites (N-methyl/N-ethyl adjacent to an activating group) is 2. The Hall–Kier alpha value is -2.40. The van der Waals surface area contributed by atoms with E-state index in [1.165, 1.54) is 12.5 Å². The normalized spacial score (nSPS) is 17.5. The Labute approximate surface area is 180 Å². The Bertz CT molecular complexity index is 729. The maximum absolute atomic E-state index is 12.3. The van der Waals surface area contributed by atoms with E-state index in [1.54, 1.807) is 50.1 Å². The van der Waals surface area contributed by atoms with Crippen LogP contribution in [0.15, 0.2) is 47.0 Å². The number of hydrogen-bond acceptors (Lipinski definition) is 5. The topological polar surface area (TPSA) is 76.1 Å². The molecule has 0 saturated heterocycles. The SMILES string of the molecule is CN(C)C(=O)C1=C(/C=C/O[P+](=O)O/C=C/C2=C(C(=O)N(C)C)CCCC2)CCCC1. The summed E-state index contributed by atoms with van der Waals surface area (Å²) in [5, 5.41) is 0. The van der Waals surface area contributed by atoms with Crippen LogP contribution in [-0.4, -0.2) is 49.8 Å². The van der Waals surface area contributed by atoms with Gasteiger partial charge in [0.25, 0.3) is 0 Å². The van der Waals surface area contributed by atoms with Crippen molar-refractivity contribution in [2.45, 2.75) is 51.4 Å². The predicted octanol–water partition coefficient (Wildman–Crippen LogP) is 4.62. The second-order valence-electron chi connectivity index (χ2n) is 7.86. The first kappa shape index (κ1) is 23.9. The molecular formula is C22H32N2O5P+. The summed E-state index contributed by atoms with van der Waals surface area (Å²) in [6, 6.07) is 0. The largest absolute Gasteiger partial charge is 0.804 e. The van der Waals surface area contributed by atoms with Crippen LogP contribution in [0.2, 0.25) is 0 Å². The van der Waals surface area contributed by atoms with Crippen LogP contribution >= 0.6 is 8.25 Å². The van der Waals surface area contributed by atoms with E-state index in [0.717, 1.165) is 73.7 Å². The van der Waals surface area contributed by atoms with E-state index >= 15 is 0 Å². The summed E-state index contributed by atoms with van der Waals surface area (Å²) in [5.41, 5.74) is 3.39. The summed E-state index contributed by atoms with van der Waals surface area (Å²) in [4.78, 5) is 27.7. The molecule has 2 aliphatic carbocycles. The van der Waals surface area contributed by atoms with Crippen LogP contribution in [0.4, 0.5) is 0 Å². The molecule has 0 aliphatic heterocycles. The number of allylic oxidation sites excluding steroid dienone is 4. The summed E-state index contributed by atoms with van der Waals surface area (Å²) in [5.74, 6) is 0.00325. The molecule has 0 N–H and O–H groups in total. The van der Waals surface area contributed by atoms with E-state index in [4.69, 9.17) is 9.05 Å². The van der Waals surface area contributed by atoms with Crippen molar-refractivity contribution in [2.24, 2.45) is 0 Å². The molecule has 30 heavy (non-hydrogen) atoms. The van der Waals surface area contributed by atoms with Gasteiger partial charge in [-0.15, -0.1) is 0 Å². The minimum Gasteiger partial charge on any atom is -0.345 e. The molecule has 164 valence electrons. The van der Waals surface area contributed by atoms with Crippen molar-refractivity contribution in [3.63, 3.8) is 0 Å². The van der Waals surface area contributed by atoms with Crippen molar-refractivity contribution < 1.29 is 23.2 Å². The highest BCUT2D eigenvalue weighted by molar-refractivity contribution is 7.33. The second kappa shape index (κ2) is 11.7. The lowest BCUT2D eigenvalue weighted by Crippen LogP contribution is -2.25. The third kappa shape index (κ3) is 6.84. The molecule has 0 unspecified atom stereocenters. The Kier molecular flexibility index (Phi) is 9.31. The van der Waals surface area contributed by atoms with Crippen molar-refractivity contribution in [2.75, 3.05) is 28.2 Å². The van der Waals surface area contributed by atoms with E-state index in [0.29, 0.717) is 0 Å². The van der Waals surface area contributed by atoms with Gasteiger partial charge in [-0.3, -0.25) is 9.59 Å². The first-order valence-corrected chi connectivity index (χ1v) is 11.4.